The molecule has 13 nitrogen and oxygen atoms in total. The lowest BCUT2D eigenvalue weighted by atomic mass is 9.96. The fourth-order valence-corrected chi connectivity index (χ4v) is 9.01. The Kier molecular flexibility index (Phi) is 12.1. The summed E-state index contributed by atoms with van der Waals surface area (Å²) in [5, 5.41) is 10.6. The Bertz CT molecular complexity index is 2490. The third kappa shape index (κ3) is 8.64. The van der Waals surface area contributed by atoms with Crippen LogP contribution in [0, 0.1) is 0 Å². The van der Waals surface area contributed by atoms with Gasteiger partial charge in [0.2, 0.25) is 11.8 Å². The van der Waals surface area contributed by atoms with Crippen LogP contribution in [0.5, 0.6) is 0 Å². The number of pyridine rings is 1. The lowest BCUT2D eigenvalue weighted by Crippen LogP contribution is -2.56. The standard InChI is InChI=1S/C21H21F3N4OS.C20H25F2N5O3/c1-30-18-11-16-13(12-28(27-16)14-6-3-2-4-7-14)10-17(18)26-20(29)15-8-5-9-19(25-15)21(22,23)24;1-24(2)15-9-10-26(11-20(15,21)22)12-5-4-6-13-17(12)25(3)19(30)27(13)14-7-8-16(28)23-18(14)29/h5,8-12,14H,2-4,6-7H2,1H3,(H,26,29);4-6,14-15H,7-11H2,1-3H3,(H,23,28,29). The molecule has 1 aliphatic carbocycles. The van der Waals surface area contributed by atoms with Gasteiger partial charge in [0, 0.05) is 36.5 Å². The smallest absolute Gasteiger partial charge is 0.364 e. The Hall–Kier alpha value is -5.30. The molecule has 3 aliphatic rings. The zero-order valence-corrected chi connectivity index (χ0v) is 34.4. The van der Waals surface area contributed by atoms with Gasteiger partial charge in [-0.1, -0.05) is 31.4 Å². The van der Waals surface area contributed by atoms with Crippen LogP contribution in [-0.2, 0) is 22.8 Å². The van der Waals surface area contributed by atoms with Gasteiger partial charge in [-0.2, -0.15) is 18.3 Å². The molecule has 8 rings (SSSR count). The zero-order chi connectivity index (χ0) is 43.1. The number of benzene rings is 2. The van der Waals surface area contributed by atoms with E-state index in [0.29, 0.717) is 35.0 Å². The number of carbonyl (C=O) groups is 3. The van der Waals surface area contributed by atoms with Gasteiger partial charge >= 0.3 is 11.9 Å². The molecular formula is C41H46F5N9O4S. The number of aromatic nitrogens is 5. The number of alkyl halides is 5. The highest BCUT2D eigenvalue weighted by Gasteiger charge is 2.46. The molecular weight excluding hydrogens is 810 g/mol. The van der Waals surface area contributed by atoms with Gasteiger partial charge in [0.15, 0.2) is 0 Å². The number of fused-ring (bicyclic) bond motifs is 2. The Balaban J connectivity index is 0.000000181. The van der Waals surface area contributed by atoms with Gasteiger partial charge in [0.1, 0.15) is 17.4 Å². The van der Waals surface area contributed by atoms with Crippen LogP contribution in [0.15, 0.2) is 64.4 Å². The maximum atomic E-state index is 14.8. The van der Waals surface area contributed by atoms with Crippen molar-refractivity contribution in [1.29, 1.82) is 0 Å². The second kappa shape index (κ2) is 17.0. The molecule has 0 bridgehead atoms. The van der Waals surface area contributed by atoms with E-state index in [-0.39, 0.29) is 30.9 Å². The number of carbonyl (C=O) groups excluding carboxylic acids is 3. The quantitative estimate of drug-likeness (QED) is 0.101. The van der Waals surface area contributed by atoms with Crippen molar-refractivity contribution in [1.82, 2.24) is 34.1 Å². The van der Waals surface area contributed by atoms with Crippen molar-refractivity contribution in [2.24, 2.45) is 7.05 Å². The summed E-state index contributed by atoms with van der Waals surface area (Å²) in [5.41, 5.74) is 1.11. The van der Waals surface area contributed by atoms with Crippen molar-refractivity contribution in [3.8, 4) is 0 Å². The molecule has 2 N–H and O–H groups in total. The number of amides is 3. The van der Waals surface area contributed by atoms with E-state index >= 15 is 0 Å². The monoisotopic (exact) mass is 855 g/mol. The van der Waals surface area contributed by atoms with Crippen molar-refractivity contribution < 1.29 is 36.3 Å². The molecule has 60 heavy (non-hydrogen) atoms. The van der Waals surface area contributed by atoms with Crippen molar-refractivity contribution in [3.05, 3.63) is 76.6 Å². The van der Waals surface area contributed by atoms with E-state index in [9.17, 15) is 41.1 Å². The third-order valence-electron chi connectivity index (χ3n) is 11.4. The second-order valence-electron chi connectivity index (χ2n) is 15.6. The van der Waals surface area contributed by atoms with Crippen LogP contribution in [0.1, 0.15) is 79.6 Å². The van der Waals surface area contributed by atoms with Crippen LogP contribution < -0.4 is 21.2 Å². The number of halogens is 5. The van der Waals surface area contributed by atoms with Gasteiger partial charge in [0.25, 0.3) is 11.8 Å². The zero-order valence-electron chi connectivity index (χ0n) is 33.6. The van der Waals surface area contributed by atoms with Crippen molar-refractivity contribution in [2.45, 2.75) is 86.5 Å². The molecule has 0 radical (unpaired) electrons. The number of aryl methyl sites for hydroxylation is 1. The van der Waals surface area contributed by atoms with Crippen LogP contribution in [0.3, 0.4) is 0 Å². The second-order valence-corrected chi connectivity index (χ2v) is 16.5. The lowest BCUT2D eigenvalue weighted by Gasteiger charge is -2.42. The van der Waals surface area contributed by atoms with Crippen LogP contribution in [0.2, 0.25) is 0 Å². The molecule has 2 saturated heterocycles. The highest BCUT2D eigenvalue weighted by molar-refractivity contribution is 7.98. The molecule has 1 saturated carbocycles. The average Bonchev–Trinajstić information content (AvgIpc) is 3.74. The number of hydrogen-bond acceptors (Lipinski definition) is 9. The number of para-hydroxylation sites is 1. The Labute approximate surface area is 346 Å². The van der Waals surface area contributed by atoms with Gasteiger partial charge in [0.05, 0.1) is 46.6 Å². The average molecular weight is 856 g/mol. The lowest BCUT2D eigenvalue weighted by molar-refractivity contribution is -0.141. The minimum atomic E-state index is -4.60. The predicted octanol–water partition coefficient (Wildman–Crippen LogP) is 7.02. The first-order chi connectivity index (χ1) is 28.5. The molecule has 2 atom stereocenters. The molecule has 3 aromatic heterocycles. The number of imide groups is 1. The highest BCUT2D eigenvalue weighted by atomic mass is 32.2. The van der Waals surface area contributed by atoms with Gasteiger partial charge in [-0.25, -0.2) is 18.6 Å². The predicted molar refractivity (Wildman–Crippen MR) is 219 cm³/mol. The molecule has 2 aromatic carbocycles. The fraction of sp³-hybridized carbons (Fsp3) is 0.463. The molecule has 3 fully saturated rings. The SMILES string of the molecule is CN(C)C1CCN(c2cccc3c2n(C)c(=O)n3C2CCC(=O)NC2=O)CC1(F)F.CSc1cc2nn(C3CCCCC3)cc2cc1NC(=O)c1cccc(C(F)(F)F)n1. The summed E-state index contributed by atoms with van der Waals surface area (Å²) in [6, 6.07) is 10.9. The minimum Gasteiger partial charge on any atom is -0.364 e. The van der Waals surface area contributed by atoms with E-state index in [2.05, 4.69) is 15.6 Å². The molecule has 3 amide bonds. The van der Waals surface area contributed by atoms with Gasteiger partial charge in [-0.3, -0.25) is 33.5 Å². The summed E-state index contributed by atoms with van der Waals surface area (Å²) in [5.74, 6) is -4.48. The molecule has 0 spiro atoms. The van der Waals surface area contributed by atoms with Crippen LogP contribution >= 0.6 is 11.8 Å². The molecule has 320 valence electrons. The van der Waals surface area contributed by atoms with E-state index in [0.717, 1.165) is 34.7 Å². The summed E-state index contributed by atoms with van der Waals surface area (Å²) in [7, 11) is 4.87. The number of nitrogens with one attached hydrogen (secondary N) is 2. The third-order valence-corrected chi connectivity index (χ3v) is 12.2. The van der Waals surface area contributed by atoms with E-state index in [1.165, 1.54) is 52.3 Å². The summed E-state index contributed by atoms with van der Waals surface area (Å²) in [6.07, 6.45) is 5.76. The highest BCUT2D eigenvalue weighted by Crippen LogP contribution is 2.37. The van der Waals surface area contributed by atoms with E-state index < -0.39 is 53.9 Å². The van der Waals surface area contributed by atoms with Crippen LogP contribution in [0.4, 0.5) is 33.3 Å². The number of piperidine rings is 2. The number of anilines is 2. The van der Waals surface area contributed by atoms with Crippen molar-refractivity contribution in [3.63, 3.8) is 0 Å². The van der Waals surface area contributed by atoms with E-state index in [4.69, 9.17) is 5.10 Å². The van der Waals surface area contributed by atoms with Gasteiger partial charge < -0.3 is 15.1 Å². The molecule has 5 aromatic rings. The first-order valence-electron chi connectivity index (χ1n) is 19.7. The van der Waals surface area contributed by atoms with Gasteiger partial charge in [-0.15, -0.1) is 11.8 Å². The Morgan fingerprint density at radius 2 is 1.73 bits per heavy atom. The maximum Gasteiger partial charge on any atom is 0.433 e. The summed E-state index contributed by atoms with van der Waals surface area (Å²) in [6.45, 7) is -0.0257. The number of nitrogens with zero attached hydrogens (tertiary/aromatic N) is 7. The number of hydrogen-bond donors (Lipinski definition) is 2. The molecule has 19 heteroatoms. The van der Waals surface area contributed by atoms with Crippen LogP contribution in [0.25, 0.3) is 21.9 Å². The van der Waals surface area contributed by atoms with Crippen molar-refractivity contribution >= 4 is 62.8 Å². The number of rotatable bonds is 7. The Morgan fingerprint density at radius 3 is 2.40 bits per heavy atom. The molecule has 2 aliphatic heterocycles. The molecule has 2 unspecified atom stereocenters. The van der Waals surface area contributed by atoms with E-state index in [1.54, 1.807) is 49.1 Å². The topological polar surface area (TPSA) is 139 Å². The maximum absolute atomic E-state index is 14.8. The normalized spacial score (nSPS) is 20.0. The molecule has 5 heterocycles. The largest absolute Gasteiger partial charge is 0.433 e. The summed E-state index contributed by atoms with van der Waals surface area (Å²) in [4.78, 5) is 56.9. The van der Waals surface area contributed by atoms with E-state index in [1.807, 2.05) is 29.3 Å². The number of imidazole rings is 1. The first kappa shape index (κ1) is 42.8. The summed E-state index contributed by atoms with van der Waals surface area (Å²) >= 11 is 1.44. The minimum absolute atomic E-state index is 0.142. The summed E-state index contributed by atoms with van der Waals surface area (Å²) < 4.78 is 73.0. The van der Waals surface area contributed by atoms with Crippen LogP contribution in [-0.4, -0.2) is 91.9 Å². The fourth-order valence-electron chi connectivity index (χ4n) is 8.45. The van der Waals surface area contributed by atoms with Gasteiger partial charge in [-0.05, 0) is 82.4 Å². The number of thioether (sulfide) groups is 1. The Morgan fingerprint density at radius 1 is 1.00 bits per heavy atom. The van der Waals surface area contributed by atoms with Crippen molar-refractivity contribution in [2.75, 3.05) is 43.7 Å². The first-order valence-corrected chi connectivity index (χ1v) is 20.9.